The largest absolute Gasteiger partial charge is 0.471 e. The minimum absolute atomic E-state index is 0.0641. The van der Waals surface area contributed by atoms with Crippen LogP contribution in [0.2, 0.25) is 5.02 Å². The highest BCUT2D eigenvalue weighted by Crippen LogP contribution is 2.23. The molecule has 0 saturated heterocycles. The number of nitrogens with zero attached hydrogens (tertiary/aromatic N) is 1. The molecule has 5 heteroatoms. The quantitative estimate of drug-likeness (QED) is 0.873. The number of aromatic nitrogens is 1. The summed E-state index contributed by atoms with van der Waals surface area (Å²) in [6, 6.07) is 1.88. The second-order valence-electron chi connectivity index (χ2n) is 5.62. The molecule has 0 aliphatic heterocycles. The lowest BCUT2D eigenvalue weighted by atomic mass is 10.1. The highest BCUT2D eigenvalue weighted by Gasteiger charge is 2.12. The van der Waals surface area contributed by atoms with Crippen molar-refractivity contribution in [3.05, 3.63) is 22.8 Å². The maximum absolute atomic E-state index is 6.17. The van der Waals surface area contributed by atoms with Gasteiger partial charge in [0.05, 0.1) is 6.61 Å². The lowest BCUT2D eigenvalue weighted by Crippen LogP contribution is -2.35. The fourth-order valence-electron chi connectivity index (χ4n) is 1.47. The second-order valence-corrected chi connectivity index (χ2v) is 6.03. The molecule has 1 atom stereocenters. The van der Waals surface area contributed by atoms with Crippen LogP contribution in [0.1, 0.15) is 33.3 Å². The van der Waals surface area contributed by atoms with Gasteiger partial charge in [0, 0.05) is 25.4 Å². The number of halogens is 1. The third-order valence-electron chi connectivity index (χ3n) is 2.40. The Balaban J connectivity index is 2.64. The van der Waals surface area contributed by atoms with E-state index in [1.807, 2.05) is 13.0 Å². The van der Waals surface area contributed by atoms with Crippen LogP contribution in [0.15, 0.2) is 12.3 Å². The van der Waals surface area contributed by atoms with Gasteiger partial charge in [0.2, 0.25) is 5.88 Å². The van der Waals surface area contributed by atoms with Gasteiger partial charge in [-0.2, -0.15) is 0 Å². The van der Waals surface area contributed by atoms with Crippen LogP contribution in [0.5, 0.6) is 5.88 Å². The van der Waals surface area contributed by atoms with Crippen molar-refractivity contribution in [3.8, 4) is 5.88 Å². The zero-order valence-corrected chi connectivity index (χ0v) is 13.0. The van der Waals surface area contributed by atoms with Gasteiger partial charge < -0.3 is 14.8 Å². The highest BCUT2D eigenvalue weighted by atomic mass is 35.5. The molecular formula is C14H23ClN2O2. The summed E-state index contributed by atoms with van der Waals surface area (Å²) in [6.07, 6.45) is 1.70. The lowest BCUT2D eigenvalue weighted by Gasteiger charge is -2.20. The molecule has 0 radical (unpaired) electrons. The third kappa shape index (κ3) is 6.23. The minimum atomic E-state index is -0.0754. The average Bonchev–Trinajstić information content (AvgIpc) is 2.29. The highest BCUT2D eigenvalue weighted by molar-refractivity contribution is 6.31. The van der Waals surface area contributed by atoms with Crippen molar-refractivity contribution in [2.24, 2.45) is 0 Å². The fourth-order valence-corrected chi connectivity index (χ4v) is 1.71. The van der Waals surface area contributed by atoms with E-state index in [1.54, 1.807) is 13.3 Å². The molecule has 0 amide bonds. The number of methoxy groups -OCH3 is 1. The Bertz CT molecular complexity index is 405. The number of hydrogen-bond acceptors (Lipinski definition) is 4. The molecule has 1 N–H and O–H groups in total. The van der Waals surface area contributed by atoms with Gasteiger partial charge in [-0.1, -0.05) is 11.6 Å². The number of ether oxygens (including phenoxy) is 2. The summed E-state index contributed by atoms with van der Waals surface area (Å²) in [7, 11) is 1.64. The van der Waals surface area contributed by atoms with E-state index in [0.717, 1.165) is 12.1 Å². The molecule has 0 aliphatic carbocycles. The first-order chi connectivity index (χ1) is 8.81. The number of hydrogen-bond donors (Lipinski definition) is 1. The Morgan fingerprint density at radius 2 is 2.11 bits per heavy atom. The molecule has 108 valence electrons. The van der Waals surface area contributed by atoms with E-state index in [9.17, 15) is 0 Å². The van der Waals surface area contributed by atoms with E-state index in [4.69, 9.17) is 21.1 Å². The average molecular weight is 287 g/mol. The van der Waals surface area contributed by atoms with E-state index < -0.39 is 0 Å². The Morgan fingerprint density at radius 1 is 1.42 bits per heavy atom. The molecule has 0 saturated carbocycles. The molecule has 1 aromatic rings. The maximum atomic E-state index is 6.17. The third-order valence-corrected chi connectivity index (χ3v) is 2.67. The predicted molar refractivity (Wildman–Crippen MR) is 77.8 cm³/mol. The number of pyridine rings is 1. The van der Waals surface area contributed by atoms with Gasteiger partial charge in [-0.25, -0.2) is 4.98 Å². The standard InChI is InChI=1S/C14H23ClN2O2/c1-10(9-18-5)19-13-12(15)6-11(7-16-13)8-17-14(2,3)4/h6-7,10,17H,8-9H2,1-5H3. The van der Waals surface area contributed by atoms with Crippen molar-refractivity contribution < 1.29 is 9.47 Å². The molecule has 1 heterocycles. The first-order valence-electron chi connectivity index (χ1n) is 6.37. The molecule has 0 fully saturated rings. The molecule has 0 bridgehead atoms. The van der Waals surface area contributed by atoms with Gasteiger partial charge in [0.15, 0.2) is 0 Å². The summed E-state index contributed by atoms with van der Waals surface area (Å²) in [6.45, 7) is 9.50. The monoisotopic (exact) mass is 286 g/mol. The van der Waals surface area contributed by atoms with E-state index in [1.165, 1.54) is 0 Å². The molecular weight excluding hydrogens is 264 g/mol. The molecule has 4 nitrogen and oxygen atoms in total. The van der Waals surface area contributed by atoms with Gasteiger partial charge in [-0.3, -0.25) is 0 Å². The van der Waals surface area contributed by atoms with Gasteiger partial charge in [0.25, 0.3) is 0 Å². The Hall–Kier alpha value is -0.840. The smallest absolute Gasteiger partial charge is 0.232 e. The topological polar surface area (TPSA) is 43.4 Å². The fraction of sp³-hybridized carbons (Fsp3) is 0.643. The molecule has 0 aliphatic rings. The van der Waals surface area contributed by atoms with Gasteiger partial charge in [-0.15, -0.1) is 0 Å². The van der Waals surface area contributed by atoms with Gasteiger partial charge in [-0.05, 0) is 39.3 Å². The SMILES string of the molecule is COCC(C)Oc1ncc(CNC(C)(C)C)cc1Cl. The van der Waals surface area contributed by atoms with Crippen molar-refractivity contribution in [2.75, 3.05) is 13.7 Å². The molecule has 19 heavy (non-hydrogen) atoms. The summed E-state index contributed by atoms with van der Waals surface area (Å²) in [5.41, 5.74) is 1.10. The Labute approximate surface area is 120 Å². The predicted octanol–water partition coefficient (Wildman–Crippen LogP) is 3.04. The van der Waals surface area contributed by atoms with E-state index in [-0.39, 0.29) is 11.6 Å². The van der Waals surface area contributed by atoms with Crippen molar-refractivity contribution in [1.29, 1.82) is 0 Å². The van der Waals surface area contributed by atoms with Crippen LogP contribution in [0.4, 0.5) is 0 Å². The summed E-state index contributed by atoms with van der Waals surface area (Å²) in [4.78, 5) is 4.25. The van der Waals surface area contributed by atoms with Crippen LogP contribution < -0.4 is 10.1 Å². The van der Waals surface area contributed by atoms with Crippen LogP contribution in [-0.2, 0) is 11.3 Å². The van der Waals surface area contributed by atoms with Crippen molar-refractivity contribution in [1.82, 2.24) is 10.3 Å². The van der Waals surface area contributed by atoms with Gasteiger partial charge >= 0.3 is 0 Å². The number of nitrogens with one attached hydrogen (secondary N) is 1. The molecule has 1 aromatic heterocycles. The molecule has 0 spiro atoms. The number of rotatable bonds is 6. The van der Waals surface area contributed by atoms with E-state index in [0.29, 0.717) is 17.5 Å². The van der Waals surface area contributed by atoms with Crippen molar-refractivity contribution in [2.45, 2.75) is 45.9 Å². The molecule has 1 rings (SSSR count). The maximum Gasteiger partial charge on any atom is 0.232 e. The summed E-state index contributed by atoms with van der Waals surface area (Å²) >= 11 is 6.17. The molecule has 1 unspecified atom stereocenters. The Kier molecular flexibility index (Phi) is 6.04. The van der Waals surface area contributed by atoms with Crippen LogP contribution in [0, 0.1) is 0 Å². The van der Waals surface area contributed by atoms with Crippen LogP contribution >= 0.6 is 11.6 Å². The van der Waals surface area contributed by atoms with E-state index >= 15 is 0 Å². The summed E-state index contributed by atoms with van der Waals surface area (Å²) in [5, 5.41) is 3.91. The molecule has 0 aromatic carbocycles. The van der Waals surface area contributed by atoms with Crippen LogP contribution in [0.3, 0.4) is 0 Å². The Morgan fingerprint density at radius 3 is 2.63 bits per heavy atom. The normalized spacial score (nSPS) is 13.4. The first-order valence-corrected chi connectivity index (χ1v) is 6.74. The summed E-state index contributed by atoms with van der Waals surface area (Å²) < 4.78 is 10.6. The van der Waals surface area contributed by atoms with Crippen molar-refractivity contribution >= 4 is 11.6 Å². The van der Waals surface area contributed by atoms with Crippen LogP contribution in [-0.4, -0.2) is 30.3 Å². The zero-order valence-electron chi connectivity index (χ0n) is 12.3. The lowest BCUT2D eigenvalue weighted by molar-refractivity contribution is 0.0890. The van der Waals surface area contributed by atoms with Crippen molar-refractivity contribution in [3.63, 3.8) is 0 Å². The first kappa shape index (κ1) is 16.2. The zero-order chi connectivity index (χ0) is 14.5. The second kappa shape index (κ2) is 7.08. The summed E-state index contributed by atoms with van der Waals surface area (Å²) in [5.74, 6) is 0.450. The van der Waals surface area contributed by atoms with Crippen LogP contribution in [0.25, 0.3) is 0 Å². The minimum Gasteiger partial charge on any atom is -0.471 e. The van der Waals surface area contributed by atoms with Gasteiger partial charge in [0.1, 0.15) is 11.1 Å². The van der Waals surface area contributed by atoms with E-state index in [2.05, 4.69) is 31.1 Å².